The smallest absolute Gasteiger partial charge is 0.113 e. The fourth-order valence-corrected chi connectivity index (χ4v) is 3.00. The molecule has 0 unspecified atom stereocenters. The van der Waals surface area contributed by atoms with E-state index in [1.807, 2.05) is 0 Å². The third-order valence-electron chi connectivity index (χ3n) is 3.28. The number of hydrogen-bond acceptors (Lipinski definition) is 4. The molecule has 1 rings (SSSR count). The maximum Gasteiger partial charge on any atom is 0.113 e. The third-order valence-corrected chi connectivity index (χ3v) is 4.74. The van der Waals surface area contributed by atoms with Crippen molar-refractivity contribution in [2.24, 2.45) is 5.73 Å². The van der Waals surface area contributed by atoms with Gasteiger partial charge in [0.15, 0.2) is 0 Å². The molecule has 108 valence electrons. The molecule has 19 heavy (non-hydrogen) atoms. The summed E-state index contributed by atoms with van der Waals surface area (Å²) in [6.45, 7) is 10.1. The molecule has 1 fully saturated rings. The quantitative estimate of drug-likeness (QED) is 0.596. The highest BCUT2D eigenvalue weighted by Crippen LogP contribution is 2.11. The SMILES string of the molecule is C[Si](C)(C)C/C=C/C[C@H](N)[C@@H](C#N)N1CCOCC1. The van der Waals surface area contributed by atoms with E-state index in [9.17, 15) is 5.26 Å². The lowest BCUT2D eigenvalue weighted by molar-refractivity contribution is 0.0227. The minimum Gasteiger partial charge on any atom is -0.379 e. The number of nitrogens with zero attached hydrogens (tertiary/aromatic N) is 2. The van der Waals surface area contributed by atoms with Crippen molar-refractivity contribution in [3.05, 3.63) is 12.2 Å². The standard InChI is InChI=1S/C14H27N3OSi/c1-19(2,3)11-5-4-6-13(16)14(12-15)17-7-9-18-10-8-17/h4-5,13-14H,6-11,16H2,1-3H3/b5-4+/t13-,14+/m0/s1. The Bertz CT molecular complexity index is 327. The Hall–Kier alpha value is -0.673. The van der Waals surface area contributed by atoms with Gasteiger partial charge in [0.1, 0.15) is 6.04 Å². The Morgan fingerprint density at radius 2 is 1.95 bits per heavy atom. The van der Waals surface area contributed by atoms with Crippen LogP contribution in [0.4, 0.5) is 0 Å². The van der Waals surface area contributed by atoms with E-state index >= 15 is 0 Å². The summed E-state index contributed by atoms with van der Waals surface area (Å²) in [7, 11) is -1.02. The van der Waals surface area contributed by atoms with Gasteiger partial charge in [0.25, 0.3) is 0 Å². The second-order valence-electron chi connectivity index (χ2n) is 6.36. The van der Waals surface area contributed by atoms with E-state index in [-0.39, 0.29) is 12.1 Å². The summed E-state index contributed by atoms with van der Waals surface area (Å²) >= 11 is 0. The number of nitriles is 1. The predicted molar refractivity (Wildman–Crippen MR) is 81.7 cm³/mol. The average Bonchev–Trinajstić information content (AvgIpc) is 2.36. The lowest BCUT2D eigenvalue weighted by Crippen LogP contribution is -2.51. The van der Waals surface area contributed by atoms with Crippen LogP contribution in [0.1, 0.15) is 6.42 Å². The van der Waals surface area contributed by atoms with Gasteiger partial charge in [0.2, 0.25) is 0 Å². The molecule has 2 N–H and O–H groups in total. The molecule has 1 aliphatic heterocycles. The van der Waals surface area contributed by atoms with Gasteiger partial charge in [-0.1, -0.05) is 31.8 Å². The minimum absolute atomic E-state index is 0.110. The molecular weight excluding hydrogens is 254 g/mol. The van der Waals surface area contributed by atoms with E-state index in [4.69, 9.17) is 10.5 Å². The molecule has 0 radical (unpaired) electrons. The van der Waals surface area contributed by atoms with Crippen LogP contribution in [0.3, 0.4) is 0 Å². The summed E-state index contributed by atoms with van der Waals surface area (Å²) in [6.07, 6.45) is 5.16. The van der Waals surface area contributed by atoms with Crippen LogP contribution >= 0.6 is 0 Å². The first-order valence-corrected chi connectivity index (χ1v) is 10.8. The van der Waals surface area contributed by atoms with Crippen LogP contribution in [0.2, 0.25) is 25.7 Å². The Balaban J connectivity index is 2.41. The van der Waals surface area contributed by atoms with E-state index in [2.05, 4.69) is 42.8 Å². The summed E-state index contributed by atoms with van der Waals surface area (Å²) < 4.78 is 5.31. The molecule has 0 aromatic heterocycles. The highest BCUT2D eigenvalue weighted by molar-refractivity contribution is 6.76. The van der Waals surface area contributed by atoms with Crippen LogP contribution in [0.15, 0.2) is 12.2 Å². The average molecular weight is 281 g/mol. The third kappa shape index (κ3) is 6.35. The normalized spacial score (nSPS) is 21.2. The molecule has 0 aromatic rings. The van der Waals surface area contributed by atoms with Crippen LogP contribution in [0.25, 0.3) is 0 Å². The summed E-state index contributed by atoms with van der Waals surface area (Å²) in [5, 5.41) is 9.30. The van der Waals surface area contributed by atoms with E-state index in [1.54, 1.807) is 0 Å². The first kappa shape index (κ1) is 16.4. The Labute approximate surface area is 118 Å². The zero-order chi connectivity index (χ0) is 14.3. The van der Waals surface area contributed by atoms with Crippen LogP contribution in [0.5, 0.6) is 0 Å². The van der Waals surface area contributed by atoms with E-state index in [1.165, 1.54) is 6.04 Å². The van der Waals surface area contributed by atoms with E-state index in [0.717, 1.165) is 19.5 Å². The molecule has 0 aliphatic carbocycles. The highest BCUT2D eigenvalue weighted by atomic mass is 28.3. The van der Waals surface area contributed by atoms with Crippen molar-refractivity contribution in [2.75, 3.05) is 26.3 Å². The first-order valence-electron chi connectivity index (χ1n) is 7.06. The fraction of sp³-hybridized carbons (Fsp3) is 0.786. The molecule has 4 nitrogen and oxygen atoms in total. The molecule has 1 heterocycles. The molecule has 0 spiro atoms. The summed E-state index contributed by atoms with van der Waals surface area (Å²) in [4.78, 5) is 2.14. The van der Waals surface area contributed by atoms with E-state index < -0.39 is 8.07 Å². The van der Waals surface area contributed by atoms with Crippen LogP contribution in [-0.4, -0.2) is 51.4 Å². The van der Waals surface area contributed by atoms with Crippen LogP contribution in [0, 0.1) is 11.3 Å². The van der Waals surface area contributed by atoms with Crippen molar-refractivity contribution in [3.63, 3.8) is 0 Å². The molecule has 2 atom stereocenters. The van der Waals surface area contributed by atoms with Crippen LogP contribution < -0.4 is 5.73 Å². The van der Waals surface area contributed by atoms with Crippen molar-refractivity contribution >= 4 is 8.07 Å². The molecule has 0 bridgehead atoms. The maximum atomic E-state index is 9.30. The van der Waals surface area contributed by atoms with Crippen molar-refractivity contribution in [3.8, 4) is 6.07 Å². The maximum absolute atomic E-state index is 9.30. The number of nitrogens with two attached hydrogens (primary N) is 1. The van der Waals surface area contributed by atoms with Crippen LogP contribution in [-0.2, 0) is 4.74 Å². The van der Waals surface area contributed by atoms with Crippen molar-refractivity contribution in [2.45, 2.75) is 44.2 Å². The van der Waals surface area contributed by atoms with Gasteiger partial charge in [-0.3, -0.25) is 4.90 Å². The fourth-order valence-electron chi connectivity index (χ4n) is 2.12. The number of hydrogen-bond donors (Lipinski definition) is 1. The first-order chi connectivity index (χ1) is 8.94. The van der Waals surface area contributed by atoms with Crippen molar-refractivity contribution in [1.29, 1.82) is 5.26 Å². The summed E-state index contributed by atoms with van der Waals surface area (Å²) in [5.74, 6) is 0. The highest BCUT2D eigenvalue weighted by Gasteiger charge is 2.25. The van der Waals surface area contributed by atoms with Gasteiger partial charge >= 0.3 is 0 Å². The Kier molecular flexibility index (Phi) is 6.73. The van der Waals surface area contributed by atoms with Crippen molar-refractivity contribution in [1.82, 2.24) is 4.90 Å². The van der Waals surface area contributed by atoms with Gasteiger partial charge in [-0.05, 0) is 12.5 Å². The number of ether oxygens (including phenoxy) is 1. The molecule has 0 saturated carbocycles. The number of morpholine rings is 1. The van der Waals surface area contributed by atoms with Crippen molar-refractivity contribution < 1.29 is 4.74 Å². The van der Waals surface area contributed by atoms with Gasteiger partial charge < -0.3 is 10.5 Å². The number of allylic oxidation sites excluding steroid dienone is 1. The molecule has 5 heteroatoms. The van der Waals surface area contributed by atoms with Gasteiger partial charge in [-0.2, -0.15) is 5.26 Å². The predicted octanol–water partition coefficient (Wildman–Crippen LogP) is 1.82. The lowest BCUT2D eigenvalue weighted by atomic mass is 10.0. The second-order valence-corrected chi connectivity index (χ2v) is 11.9. The minimum atomic E-state index is -1.02. The Morgan fingerprint density at radius 1 is 1.32 bits per heavy atom. The Morgan fingerprint density at radius 3 is 2.47 bits per heavy atom. The second kappa shape index (κ2) is 7.80. The van der Waals surface area contributed by atoms with Gasteiger partial charge in [0.05, 0.1) is 19.3 Å². The molecular formula is C14H27N3OSi. The summed E-state index contributed by atoms with van der Waals surface area (Å²) in [6, 6.07) is 3.22. The van der Waals surface area contributed by atoms with Gasteiger partial charge in [-0.25, -0.2) is 0 Å². The monoisotopic (exact) mass is 281 g/mol. The van der Waals surface area contributed by atoms with Gasteiger partial charge in [0, 0.05) is 27.2 Å². The molecule has 0 amide bonds. The topological polar surface area (TPSA) is 62.3 Å². The largest absolute Gasteiger partial charge is 0.379 e. The zero-order valence-electron chi connectivity index (χ0n) is 12.4. The number of rotatable bonds is 6. The molecule has 1 saturated heterocycles. The molecule has 1 aliphatic rings. The van der Waals surface area contributed by atoms with Gasteiger partial charge in [-0.15, -0.1) is 0 Å². The lowest BCUT2D eigenvalue weighted by Gasteiger charge is -2.33. The zero-order valence-corrected chi connectivity index (χ0v) is 13.4. The van der Waals surface area contributed by atoms with E-state index in [0.29, 0.717) is 13.2 Å². The molecule has 0 aromatic carbocycles. The summed E-state index contributed by atoms with van der Waals surface area (Å²) in [5.41, 5.74) is 6.16.